The van der Waals surface area contributed by atoms with Crippen molar-refractivity contribution in [2.45, 2.75) is 50.4 Å². The number of hydrogen-bond acceptors (Lipinski definition) is 6. The maximum atomic E-state index is 12.6. The molecule has 1 aromatic heterocycles. The molecule has 1 N–H and O–H groups in total. The average Bonchev–Trinajstić information content (AvgIpc) is 3.16. The molecule has 0 unspecified atom stereocenters. The second-order valence-corrected chi connectivity index (χ2v) is 10.3. The Labute approximate surface area is 174 Å². The monoisotopic (exact) mass is 411 g/mol. The SMILES string of the molecule is O=C(Cc1ccc2c(c1)OCCO2)Nc1nnc(C23CC4CC(CC(C4)C2)C3)s1. The highest BCUT2D eigenvalue weighted by atomic mass is 32.1. The van der Waals surface area contributed by atoms with Gasteiger partial charge in [-0.1, -0.05) is 17.4 Å². The number of rotatable bonds is 4. The lowest BCUT2D eigenvalue weighted by atomic mass is 9.50. The molecule has 152 valence electrons. The fraction of sp³-hybridized carbons (Fsp3) is 0.591. The second-order valence-electron chi connectivity index (χ2n) is 9.31. The van der Waals surface area contributed by atoms with E-state index < -0.39 is 0 Å². The molecule has 4 bridgehead atoms. The molecule has 0 atom stereocenters. The van der Waals surface area contributed by atoms with Crippen LogP contribution in [0.2, 0.25) is 0 Å². The first kappa shape index (κ1) is 17.7. The van der Waals surface area contributed by atoms with Crippen LogP contribution >= 0.6 is 11.3 Å². The van der Waals surface area contributed by atoms with E-state index in [1.165, 1.54) is 38.5 Å². The van der Waals surface area contributed by atoms with E-state index >= 15 is 0 Å². The van der Waals surface area contributed by atoms with Crippen molar-refractivity contribution in [2.75, 3.05) is 18.5 Å². The van der Waals surface area contributed by atoms with Gasteiger partial charge in [-0.25, -0.2) is 0 Å². The van der Waals surface area contributed by atoms with Gasteiger partial charge < -0.3 is 14.8 Å². The Morgan fingerprint density at radius 1 is 1.03 bits per heavy atom. The van der Waals surface area contributed by atoms with Crippen LogP contribution in [0, 0.1) is 17.8 Å². The van der Waals surface area contributed by atoms with Gasteiger partial charge in [-0.3, -0.25) is 4.79 Å². The van der Waals surface area contributed by atoms with Crippen molar-refractivity contribution in [3.8, 4) is 11.5 Å². The van der Waals surface area contributed by atoms with Crippen molar-refractivity contribution in [3.63, 3.8) is 0 Å². The third kappa shape index (κ3) is 3.19. The molecule has 1 aromatic carbocycles. The van der Waals surface area contributed by atoms with Crippen molar-refractivity contribution in [2.24, 2.45) is 17.8 Å². The van der Waals surface area contributed by atoms with Gasteiger partial charge in [-0.15, -0.1) is 10.2 Å². The number of benzene rings is 1. The number of hydrogen-bond donors (Lipinski definition) is 1. The zero-order chi connectivity index (χ0) is 19.4. The number of carbonyl (C=O) groups excluding carboxylic acids is 1. The summed E-state index contributed by atoms with van der Waals surface area (Å²) in [5.74, 6) is 4.00. The van der Waals surface area contributed by atoms with Crippen LogP contribution in [0.15, 0.2) is 18.2 Å². The largest absolute Gasteiger partial charge is 0.486 e. The smallest absolute Gasteiger partial charge is 0.230 e. The molecule has 0 saturated heterocycles. The molecule has 0 radical (unpaired) electrons. The molecule has 2 heterocycles. The van der Waals surface area contributed by atoms with Gasteiger partial charge in [0.25, 0.3) is 0 Å². The molecular weight excluding hydrogens is 386 g/mol. The number of nitrogens with one attached hydrogen (secondary N) is 1. The Morgan fingerprint density at radius 3 is 2.45 bits per heavy atom. The van der Waals surface area contributed by atoms with Crippen LogP contribution in [0.3, 0.4) is 0 Å². The fourth-order valence-electron chi connectivity index (χ4n) is 6.41. The van der Waals surface area contributed by atoms with E-state index in [4.69, 9.17) is 9.47 Å². The summed E-state index contributed by atoms with van der Waals surface area (Å²) in [5.41, 5.74) is 1.13. The Hall–Kier alpha value is -2.15. The number of carbonyl (C=O) groups is 1. The number of nitrogens with zero attached hydrogens (tertiary/aromatic N) is 2. The summed E-state index contributed by atoms with van der Waals surface area (Å²) in [6, 6.07) is 5.66. The predicted molar refractivity (Wildman–Crippen MR) is 110 cm³/mol. The van der Waals surface area contributed by atoms with Crippen LogP contribution in [0.25, 0.3) is 0 Å². The van der Waals surface area contributed by atoms with Crippen molar-refractivity contribution in [3.05, 3.63) is 28.8 Å². The summed E-state index contributed by atoms with van der Waals surface area (Å²) in [7, 11) is 0. The summed E-state index contributed by atoms with van der Waals surface area (Å²) in [6.07, 6.45) is 8.31. The van der Waals surface area contributed by atoms with Crippen LogP contribution < -0.4 is 14.8 Å². The summed E-state index contributed by atoms with van der Waals surface area (Å²) in [4.78, 5) is 12.6. The average molecular weight is 412 g/mol. The lowest BCUT2D eigenvalue weighted by Crippen LogP contribution is -2.48. The third-order valence-electron chi connectivity index (χ3n) is 7.13. The zero-order valence-electron chi connectivity index (χ0n) is 16.4. The van der Waals surface area contributed by atoms with Crippen LogP contribution in [0.4, 0.5) is 5.13 Å². The van der Waals surface area contributed by atoms with E-state index in [9.17, 15) is 4.79 Å². The fourth-order valence-corrected chi connectivity index (χ4v) is 7.39. The first-order chi connectivity index (χ1) is 14.1. The number of fused-ring (bicyclic) bond motifs is 1. The molecule has 4 aliphatic carbocycles. The molecule has 4 fully saturated rings. The normalized spacial score (nSPS) is 31.7. The minimum Gasteiger partial charge on any atom is -0.486 e. The summed E-state index contributed by atoms with van der Waals surface area (Å²) >= 11 is 1.58. The van der Waals surface area contributed by atoms with Crippen LogP contribution in [-0.4, -0.2) is 29.3 Å². The minimum atomic E-state index is -0.0742. The Balaban J connectivity index is 1.14. The molecule has 7 rings (SSSR count). The van der Waals surface area contributed by atoms with E-state index in [1.54, 1.807) is 11.3 Å². The van der Waals surface area contributed by atoms with Gasteiger partial charge in [-0.05, 0) is 74.0 Å². The van der Waals surface area contributed by atoms with Crippen LogP contribution in [0.5, 0.6) is 11.5 Å². The number of ether oxygens (including phenoxy) is 2. The standard InChI is InChI=1S/C22H25N3O3S/c26-19(9-13-1-2-17-18(8-13)28-4-3-27-17)23-21-25-24-20(29-21)22-10-14-5-15(11-22)7-16(6-14)12-22/h1-2,8,14-16H,3-7,9-12H2,(H,23,25,26). The lowest BCUT2D eigenvalue weighted by molar-refractivity contribution is -0.115. The third-order valence-corrected chi connectivity index (χ3v) is 8.22. The van der Waals surface area contributed by atoms with Gasteiger partial charge in [0.05, 0.1) is 6.42 Å². The minimum absolute atomic E-state index is 0.0742. The maximum Gasteiger partial charge on any atom is 0.230 e. The van der Waals surface area contributed by atoms with Crippen molar-refractivity contribution in [1.29, 1.82) is 0 Å². The van der Waals surface area contributed by atoms with E-state index in [-0.39, 0.29) is 17.7 Å². The van der Waals surface area contributed by atoms with Crippen molar-refractivity contribution in [1.82, 2.24) is 10.2 Å². The van der Waals surface area contributed by atoms with Crippen LogP contribution in [0.1, 0.15) is 49.1 Å². The lowest BCUT2D eigenvalue weighted by Gasteiger charge is -2.55. The Bertz CT molecular complexity index is 921. The van der Waals surface area contributed by atoms with Crippen molar-refractivity contribution >= 4 is 22.4 Å². The molecule has 4 saturated carbocycles. The van der Waals surface area contributed by atoms with Gasteiger partial charge in [-0.2, -0.15) is 0 Å². The quantitative estimate of drug-likeness (QED) is 0.824. The summed E-state index contributed by atoms with van der Waals surface area (Å²) < 4.78 is 11.1. The molecule has 1 amide bonds. The molecular formula is C22H25N3O3S. The molecule has 6 nitrogen and oxygen atoms in total. The number of amides is 1. The van der Waals surface area contributed by atoms with Gasteiger partial charge in [0, 0.05) is 5.41 Å². The van der Waals surface area contributed by atoms with Crippen molar-refractivity contribution < 1.29 is 14.3 Å². The highest BCUT2D eigenvalue weighted by Crippen LogP contribution is 2.61. The van der Waals surface area contributed by atoms with Gasteiger partial charge in [0.1, 0.15) is 18.2 Å². The molecule has 5 aliphatic rings. The first-order valence-electron chi connectivity index (χ1n) is 10.7. The highest BCUT2D eigenvalue weighted by Gasteiger charge is 2.53. The van der Waals surface area contributed by atoms with E-state index in [0.29, 0.717) is 24.1 Å². The zero-order valence-corrected chi connectivity index (χ0v) is 17.2. The topological polar surface area (TPSA) is 73.3 Å². The van der Waals surface area contributed by atoms with Gasteiger partial charge >= 0.3 is 0 Å². The van der Waals surface area contributed by atoms with E-state index in [1.807, 2.05) is 18.2 Å². The van der Waals surface area contributed by atoms with E-state index in [0.717, 1.165) is 34.1 Å². The molecule has 2 aromatic rings. The van der Waals surface area contributed by atoms with Gasteiger partial charge in [0.2, 0.25) is 11.0 Å². The predicted octanol–water partition coefficient (Wildman–Crippen LogP) is 3.96. The first-order valence-corrected chi connectivity index (χ1v) is 11.5. The highest BCUT2D eigenvalue weighted by molar-refractivity contribution is 7.15. The summed E-state index contributed by atoms with van der Waals surface area (Å²) in [6.45, 7) is 1.11. The molecule has 0 spiro atoms. The Kier molecular flexibility index (Phi) is 4.08. The molecule has 29 heavy (non-hydrogen) atoms. The number of aromatic nitrogens is 2. The van der Waals surface area contributed by atoms with Gasteiger partial charge in [0.15, 0.2) is 11.5 Å². The number of anilines is 1. The molecule has 1 aliphatic heterocycles. The van der Waals surface area contributed by atoms with Crippen LogP contribution in [-0.2, 0) is 16.6 Å². The maximum absolute atomic E-state index is 12.6. The van der Waals surface area contributed by atoms with E-state index in [2.05, 4.69) is 15.5 Å². The second kappa shape index (κ2) is 6.69. The molecule has 7 heteroatoms. The summed E-state index contributed by atoms with van der Waals surface area (Å²) in [5, 5.41) is 13.6. The Morgan fingerprint density at radius 2 is 1.72 bits per heavy atom.